The summed E-state index contributed by atoms with van der Waals surface area (Å²) in [6.07, 6.45) is 1.91. The minimum absolute atomic E-state index is 0.323. The van der Waals surface area contributed by atoms with Crippen molar-refractivity contribution >= 4 is 22.9 Å². The summed E-state index contributed by atoms with van der Waals surface area (Å²) in [6, 6.07) is 4.45. The van der Waals surface area contributed by atoms with Gasteiger partial charge in [-0.1, -0.05) is 29.9 Å². The maximum atomic E-state index is 13.7. The van der Waals surface area contributed by atoms with Gasteiger partial charge in [0.2, 0.25) is 0 Å². The molecule has 2 rings (SSSR count). The van der Waals surface area contributed by atoms with E-state index < -0.39 is 0 Å². The minimum Gasteiger partial charge on any atom is -0.316 e. The summed E-state index contributed by atoms with van der Waals surface area (Å²) in [7, 11) is 0. The zero-order chi connectivity index (χ0) is 13.7. The van der Waals surface area contributed by atoms with Gasteiger partial charge in [0, 0.05) is 23.6 Å². The Morgan fingerprint density at radius 2 is 2.16 bits per heavy atom. The third-order valence-corrected chi connectivity index (χ3v) is 3.82. The maximum Gasteiger partial charge on any atom is 0.150 e. The second-order valence-corrected chi connectivity index (χ2v) is 5.62. The lowest BCUT2D eigenvalue weighted by Gasteiger charge is -1.99. The molecule has 0 amide bonds. The molecule has 1 aromatic heterocycles. The van der Waals surface area contributed by atoms with Gasteiger partial charge in [-0.15, -0.1) is 10.2 Å². The number of hydrogen-bond acceptors (Lipinski definition) is 4. The molecule has 0 spiro atoms. The van der Waals surface area contributed by atoms with Crippen LogP contribution in [0, 0.1) is 5.82 Å². The van der Waals surface area contributed by atoms with Crippen LogP contribution in [0.4, 0.5) is 4.39 Å². The Labute approximate surface area is 120 Å². The molecule has 0 radical (unpaired) electrons. The van der Waals surface area contributed by atoms with Gasteiger partial charge >= 0.3 is 0 Å². The van der Waals surface area contributed by atoms with E-state index in [1.54, 1.807) is 6.07 Å². The molecule has 0 aliphatic heterocycles. The van der Waals surface area contributed by atoms with Crippen molar-refractivity contribution in [1.82, 2.24) is 15.5 Å². The van der Waals surface area contributed by atoms with Crippen LogP contribution in [0.15, 0.2) is 18.2 Å². The number of nitrogens with zero attached hydrogens (tertiary/aromatic N) is 2. The van der Waals surface area contributed by atoms with Gasteiger partial charge < -0.3 is 5.32 Å². The smallest absolute Gasteiger partial charge is 0.150 e. The average molecular weight is 300 g/mol. The highest BCUT2D eigenvalue weighted by molar-refractivity contribution is 7.14. The van der Waals surface area contributed by atoms with Crippen molar-refractivity contribution in [3.63, 3.8) is 0 Å². The number of aromatic nitrogens is 2. The summed E-state index contributed by atoms with van der Waals surface area (Å²) in [4.78, 5) is 0. The topological polar surface area (TPSA) is 37.8 Å². The molecule has 102 valence electrons. The van der Waals surface area contributed by atoms with Crippen LogP contribution in [0.25, 0.3) is 10.6 Å². The molecule has 0 aliphatic rings. The predicted molar refractivity (Wildman–Crippen MR) is 77.2 cm³/mol. The highest BCUT2D eigenvalue weighted by Crippen LogP contribution is 2.28. The number of hydrogen-bond donors (Lipinski definition) is 1. The van der Waals surface area contributed by atoms with Crippen LogP contribution in [0.2, 0.25) is 5.02 Å². The second kappa shape index (κ2) is 6.93. The van der Waals surface area contributed by atoms with Gasteiger partial charge in [0.25, 0.3) is 0 Å². The van der Waals surface area contributed by atoms with Crippen LogP contribution in [0.5, 0.6) is 0 Å². The highest BCUT2D eigenvalue weighted by Gasteiger charge is 2.11. The Morgan fingerprint density at radius 1 is 1.32 bits per heavy atom. The van der Waals surface area contributed by atoms with Crippen molar-refractivity contribution in [1.29, 1.82) is 0 Å². The van der Waals surface area contributed by atoms with Crippen molar-refractivity contribution in [2.24, 2.45) is 0 Å². The van der Waals surface area contributed by atoms with Gasteiger partial charge in [-0.2, -0.15) is 0 Å². The second-order valence-electron chi connectivity index (χ2n) is 4.13. The third-order valence-electron chi connectivity index (χ3n) is 2.57. The number of halogens is 2. The van der Waals surface area contributed by atoms with E-state index in [9.17, 15) is 4.39 Å². The summed E-state index contributed by atoms with van der Waals surface area (Å²) in [5.41, 5.74) is 0.415. The largest absolute Gasteiger partial charge is 0.316 e. The molecule has 19 heavy (non-hydrogen) atoms. The fourth-order valence-electron chi connectivity index (χ4n) is 1.62. The standard InChI is InChI=1S/C13H15ClFN3S/c1-2-6-16-7-5-12-17-18-13(19-12)10-8-9(14)3-4-11(10)15/h3-4,8,16H,2,5-7H2,1H3. The first-order valence-electron chi connectivity index (χ1n) is 6.19. The van der Waals surface area contributed by atoms with Crippen LogP contribution in [-0.4, -0.2) is 23.3 Å². The Bertz CT molecular complexity index is 544. The summed E-state index contributed by atoms with van der Waals surface area (Å²) < 4.78 is 13.7. The van der Waals surface area contributed by atoms with Gasteiger partial charge in [-0.3, -0.25) is 0 Å². The fraction of sp³-hybridized carbons (Fsp3) is 0.385. The molecule has 0 unspecified atom stereocenters. The van der Waals surface area contributed by atoms with Gasteiger partial charge in [0.1, 0.15) is 10.8 Å². The van der Waals surface area contributed by atoms with Crippen LogP contribution in [0.1, 0.15) is 18.4 Å². The van der Waals surface area contributed by atoms with Crippen molar-refractivity contribution in [2.45, 2.75) is 19.8 Å². The molecular weight excluding hydrogens is 285 g/mol. The normalized spacial score (nSPS) is 10.9. The zero-order valence-corrected chi connectivity index (χ0v) is 12.2. The zero-order valence-electron chi connectivity index (χ0n) is 10.6. The summed E-state index contributed by atoms with van der Waals surface area (Å²) in [5, 5.41) is 13.4. The van der Waals surface area contributed by atoms with E-state index in [-0.39, 0.29) is 5.82 Å². The summed E-state index contributed by atoms with van der Waals surface area (Å²) >= 11 is 7.28. The average Bonchev–Trinajstić information content (AvgIpc) is 2.86. The number of rotatable bonds is 6. The Hall–Kier alpha value is -1.04. The quantitative estimate of drug-likeness (QED) is 0.829. The maximum absolute atomic E-state index is 13.7. The first-order valence-corrected chi connectivity index (χ1v) is 7.38. The number of benzene rings is 1. The molecule has 1 heterocycles. The van der Waals surface area contributed by atoms with Crippen molar-refractivity contribution in [2.75, 3.05) is 13.1 Å². The summed E-state index contributed by atoms with van der Waals surface area (Å²) in [5.74, 6) is -0.323. The Kier molecular flexibility index (Phi) is 5.24. The van der Waals surface area contributed by atoms with Gasteiger partial charge in [-0.05, 0) is 31.2 Å². The van der Waals surface area contributed by atoms with Crippen molar-refractivity contribution < 1.29 is 4.39 Å². The lowest BCUT2D eigenvalue weighted by molar-refractivity contribution is 0.631. The Balaban J connectivity index is 2.06. The summed E-state index contributed by atoms with van der Waals surface area (Å²) in [6.45, 7) is 3.98. The van der Waals surface area contributed by atoms with Gasteiger partial charge in [-0.25, -0.2) is 4.39 Å². The predicted octanol–water partition coefficient (Wildman–Crippen LogP) is 3.54. The number of nitrogens with one attached hydrogen (secondary N) is 1. The van der Waals surface area contributed by atoms with Crippen LogP contribution < -0.4 is 5.32 Å². The van der Waals surface area contributed by atoms with E-state index in [2.05, 4.69) is 22.4 Å². The van der Waals surface area contributed by atoms with Gasteiger partial charge in [0.05, 0.1) is 0 Å². The SMILES string of the molecule is CCCNCCc1nnc(-c2cc(Cl)ccc2F)s1. The van der Waals surface area contributed by atoms with Crippen LogP contribution >= 0.6 is 22.9 Å². The highest BCUT2D eigenvalue weighted by atomic mass is 35.5. The molecule has 1 N–H and O–H groups in total. The van der Waals surface area contributed by atoms with Gasteiger partial charge in [0.15, 0.2) is 5.01 Å². The molecule has 0 saturated heterocycles. The minimum atomic E-state index is -0.323. The van der Waals surface area contributed by atoms with E-state index in [4.69, 9.17) is 11.6 Å². The third kappa shape index (κ3) is 3.96. The van der Waals surface area contributed by atoms with E-state index >= 15 is 0 Å². The van der Waals surface area contributed by atoms with Crippen molar-refractivity contribution in [3.05, 3.63) is 34.0 Å². The monoisotopic (exact) mass is 299 g/mol. The molecule has 1 aromatic carbocycles. The van der Waals surface area contributed by atoms with Crippen LogP contribution in [0.3, 0.4) is 0 Å². The molecule has 0 aliphatic carbocycles. The molecular formula is C13H15ClFN3S. The molecule has 0 atom stereocenters. The van der Waals surface area contributed by atoms with E-state index in [1.165, 1.54) is 23.5 Å². The van der Waals surface area contributed by atoms with E-state index in [0.29, 0.717) is 15.6 Å². The fourth-order valence-corrected chi connectivity index (χ4v) is 2.65. The molecule has 2 aromatic rings. The molecule has 0 saturated carbocycles. The first-order chi connectivity index (χ1) is 9.20. The first kappa shape index (κ1) is 14.4. The molecule has 6 heteroatoms. The molecule has 3 nitrogen and oxygen atoms in total. The van der Waals surface area contributed by atoms with E-state index in [0.717, 1.165) is 30.9 Å². The molecule has 0 bridgehead atoms. The van der Waals surface area contributed by atoms with E-state index in [1.807, 2.05) is 0 Å². The van der Waals surface area contributed by atoms with Crippen LogP contribution in [-0.2, 0) is 6.42 Å². The van der Waals surface area contributed by atoms with Crippen molar-refractivity contribution in [3.8, 4) is 10.6 Å². The Morgan fingerprint density at radius 3 is 2.95 bits per heavy atom. The lowest BCUT2D eigenvalue weighted by atomic mass is 10.2. The lowest BCUT2D eigenvalue weighted by Crippen LogP contribution is -2.17. The molecule has 0 fully saturated rings.